The number of carbonyl (C=O) groups excluding carboxylic acids is 3. The Balaban J connectivity index is 1.82. The van der Waals surface area contributed by atoms with E-state index in [-0.39, 0.29) is 18.2 Å². The fourth-order valence-corrected chi connectivity index (χ4v) is 2.07. The van der Waals surface area contributed by atoms with Crippen LogP contribution in [0.3, 0.4) is 0 Å². The zero-order chi connectivity index (χ0) is 18.4. The van der Waals surface area contributed by atoms with E-state index in [1.165, 1.54) is 24.3 Å². The van der Waals surface area contributed by atoms with Crippen molar-refractivity contribution in [3.63, 3.8) is 0 Å². The number of ether oxygens (including phenoxy) is 1. The molecule has 7 nitrogen and oxygen atoms in total. The molecule has 0 radical (unpaired) electrons. The molecule has 0 saturated carbocycles. The molecule has 1 aromatic carbocycles. The summed E-state index contributed by atoms with van der Waals surface area (Å²) in [5.74, 6) is -1.53. The molecule has 132 valence electrons. The second kappa shape index (κ2) is 8.14. The Labute approximate surface area is 145 Å². The van der Waals surface area contributed by atoms with Gasteiger partial charge in [-0.2, -0.15) is 0 Å². The molecule has 0 unspecified atom stereocenters. The lowest BCUT2D eigenvalue weighted by atomic mass is 10.1. The Morgan fingerprint density at radius 1 is 1.20 bits per heavy atom. The van der Waals surface area contributed by atoms with Crippen LogP contribution in [0.25, 0.3) is 0 Å². The number of nitrogens with zero attached hydrogens (tertiary/aromatic N) is 1. The van der Waals surface area contributed by atoms with Crippen molar-refractivity contribution in [3.8, 4) is 0 Å². The van der Waals surface area contributed by atoms with E-state index in [1.54, 1.807) is 6.07 Å². The van der Waals surface area contributed by atoms with Crippen molar-refractivity contribution in [1.29, 1.82) is 0 Å². The number of amides is 2. The van der Waals surface area contributed by atoms with Gasteiger partial charge in [0.25, 0.3) is 5.91 Å². The third kappa shape index (κ3) is 5.20. The zero-order valence-corrected chi connectivity index (χ0v) is 14.4. The van der Waals surface area contributed by atoms with Crippen LogP contribution in [0.2, 0.25) is 0 Å². The standard InChI is InChI=1S/C18H20N2O5/c1-12-6-7-13(2)14(9-12)19-16(21)10-20(3)17(22)11-25-18(23)15-5-4-8-24-15/h4-9H,10-11H2,1-3H3,(H,19,21). The van der Waals surface area contributed by atoms with Gasteiger partial charge in [0.2, 0.25) is 11.7 Å². The van der Waals surface area contributed by atoms with E-state index in [4.69, 9.17) is 9.15 Å². The number of furan rings is 1. The highest BCUT2D eigenvalue weighted by molar-refractivity contribution is 5.95. The summed E-state index contributed by atoms with van der Waals surface area (Å²) in [4.78, 5) is 36.8. The maximum Gasteiger partial charge on any atom is 0.374 e. The van der Waals surface area contributed by atoms with Gasteiger partial charge >= 0.3 is 5.97 Å². The average molecular weight is 344 g/mol. The molecule has 0 aliphatic carbocycles. The quantitative estimate of drug-likeness (QED) is 0.811. The first-order valence-corrected chi connectivity index (χ1v) is 7.68. The van der Waals surface area contributed by atoms with Crippen LogP contribution in [0.5, 0.6) is 0 Å². The number of anilines is 1. The maximum atomic E-state index is 12.1. The molecule has 0 fully saturated rings. The number of benzene rings is 1. The molecule has 25 heavy (non-hydrogen) atoms. The molecule has 2 amide bonds. The molecule has 1 heterocycles. The van der Waals surface area contributed by atoms with E-state index >= 15 is 0 Å². The Kier molecular flexibility index (Phi) is 5.94. The first-order chi connectivity index (χ1) is 11.9. The first kappa shape index (κ1) is 18.3. The molecule has 0 spiro atoms. The summed E-state index contributed by atoms with van der Waals surface area (Å²) in [6.07, 6.45) is 1.34. The largest absolute Gasteiger partial charge is 0.457 e. The van der Waals surface area contributed by atoms with Gasteiger partial charge in [-0.25, -0.2) is 4.79 Å². The van der Waals surface area contributed by atoms with E-state index in [9.17, 15) is 14.4 Å². The van der Waals surface area contributed by atoms with Crippen LogP contribution in [-0.2, 0) is 14.3 Å². The van der Waals surface area contributed by atoms with Gasteiger partial charge in [0.15, 0.2) is 6.61 Å². The van der Waals surface area contributed by atoms with Crippen LogP contribution in [0, 0.1) is 13.8 Å². The summed E-state index contributed by atoms with van der Waals surface area (Å²) in [7, 11) is 1.46. The topological polar surface area (TPSA) is 88.9 Å². The van der Waals surface area contributed by atoms with Gasteiger partial charge in [0.1, 0.15) is 0 Å². The van der Waals surface area contributed by atoms with Crippen molar-refractivity contribution in [2.24, 2.45) is 0 Å². The molecule has 0 bridgehead atoms. The molecule has 2 rings (SSSR count). The highest BCUT2D eigenvalue weighted by atomic mass is 16.5. The Hall–Kier alpha value is -3.09. The molecule has 2 aromatic rings. The fourth-order valence-electron chi connectivity index (χ4n) is 2.07. The van der Waals surface area contributed by atoms with Crippen molar-refractivity contribution < 1.29 is 23.5 Å². The van der Waals surface area contributed by atoms with E-state index in [1.807, 2.05) is 32.0 Å². The molecule has 7 heteroatoms. The number of esters is 1. The average Bonchev–Trinajstić information content (AvgIpc) is 3.10. The van der Waals surface area contributed by atoms with Crippen molar-refractivity contribution in [1.82, 2.24) is 4.90 Å². The SMILES string of the molecule is Cc1ccc(C)c(NC(=O)CN(C)C(=O)COC(=O)c2ccco2)c1. The van der Waals surface area contributed by atoms with E-state index in [0.717, 1.165) is 11.1 Å². The zero-order valence-electron chi connectivity index (χ0n) is 14.4. The summed E-state index contributed by atoms with van der Waals surface area (Å²) in [6, 6.07) is 8.71. The van der Waals surface area contributed by atoms with Gasteiger partial charge in [0.05, 0.1) is 12.8 Å². The molecular weight excluding hydrogens is 324 g/mol. The van der Waals surface area contributed by atoms with Crippen LogP contribution in [0.1, 0.15) is 21.7 Å². The Morgan fingerprint density at radius 3 is 2.64 bits per heavy atom. The molecule has 0 aliphatic heterocycles. The summed E-state index contributed by atoms with van der Waals surface area (Å²) >= 11 is 0. The number of nitrogens with one attached hydrogen (secondary N) is 1. The summed E-state index contributed by atoms with van der Waals surface area (Å²) in [5.41, 5.74) is 2.66. The Bertz CT molecular complexity index is 768. The molecule has 0 aliphatic rings. The highest BCUT2D eigenvalue weighted by Crippen LogP contribution is 2.16. The third-order valence-electron chi connectivity index (χ3n) is 3.52. The molecule has 1 N–H and O–H groups in total. The smallest absolute Gasteiger partial charge is 0.374 e. The van der Waals surface area contributed by atoms with Crippen LogP contribution >= 0.6 is 0 Å². The highest BCUT2D eigenvalue weighted by Gasteiger charge is 2.17. The van der Waals surface area contributed by atoms with Crippen molar-refractivity contribution in [3.05, 3.63) is 53.5 Å². The van der Waals surface area contributed by atoms with Crippen LogP contribution in [-0.4, -0.2) is 42.9 Å². The van der Waals surface area contributed by atoms with Crippen molar-refractivity contribution >= 4 is 23.5 Å². The molecule has 1 aromatic heterocycles. The predicted molar refractivity (Wildman–Crippen MR) is 91.2 cm³/mol. The second-order valence-electron chi connectivity index (χ2n) is 5.67. The number of hydrogen-bond donors (Lipinski definition) is 1. The number of rotatable bonds is 6. The number of likely N-dealkylation sites (N-methyl/N-ethyl adjacent to an activating group) is 1. The van der Waals surface area contributed by atoms with Gasteiger partial charge in [0, 0.05) is 12.7 Å². The minimum Gasteiger partial charge on any atom is -0.457 e. The normalized spacial score (nSPS) is 10.2. The molecular formula is C18H20N2O5. The van der Waals surface area contributed by atoms with Gasteiger partial charge in [-0.05, 0) is 43.2 Å². The van der Waals surface area contributed by atoms with Gasteiger partial charge in [-0.3, -0.25) is 9.59 Å². The maximum absolute atomic E-state index is 12.1. The lowest BCUT2D eigenvalue weighted by molar-refractivity contribution is -0.136. The minimum absolute atomic E-state index is 0.0168. The van der Waals surface area contributed by atoms with E-state index < -0.39 is 18.5 Å². The summed E-state index contributed by atoms with van der Waals surface area (Å²) in [6.45, 7) is 3.20. The minimum atomic E-state index is -0.730. The number of carbonyl (C=O) groups is 3. The predicted octanol–water partition coefficient (Wildman–Crippen LogP) is 2.15. The summed E-state index contributed by atoms with van der Waals surface area (Å²) in [5, 5.41) is 2.77. The first-order valence-electron chi connectivity index (χ1n) is 7.68. The van der Waals surface area contributed by atoms with Crippen LogP contribution in [0.4, 0.5) is 5.69 Å². The van der Waals surface area contributed by atoms with Gasteiger partial charge in [-0.15, -0.1) is 0 Å². The van der Waals surface area contributed by atoms with Crippen molar-refractivity contribution in [2.75, 3.05) is 25.5 Å². The fraction of sp³-hybridized carbons (Fsp3) is 0.278. The summed E-state index contributed by atoms with van der Waals surface area (Å²) < 4.78 is 9.72. The van der Waals surface area contributed by atoms with E-state index in [2.05, 4.69) is 5.32 Å². The lowest BCUT2D eigenvalue weighted by Crippen LogP contribution is -2.37. The van der Waals surface area contributed by atoms with E-state index in [0.29, 0.717) is 5.69 Å². The monoisotopic (exact) mass is 344 g/mol. The Morgan fingerprint density at radius 2 is 1.96 bits per heavy atom. The van der Waals surface area contributed by atoms with Gasteiger partial charge in [-0.1, -0.05) is 12.1 Å². The third-order valence-corrected chi connectivity index (χ3v) is 3.52. The number of hydrogen-bond acceptors (Lipinski definition) is 5. The lowest BCUT2D eigenvalue weighted by Gasteiger charge is -2.17. The van der Waals surface area contributed by atoms with Gasteiger partial charge < -0.3 is 19.4 Å². The molecule has 0 atom stereocenters. The molecule has 0 saturated heterocycles. The number of aryl methyl sites for hydroxylation is 2. The van der Waals surface area contributed by atoms with Crippen molar-refractivity contribution in [2.45, 2.75) is 13.8 Å². The van der Waals surface area contributed by atoms with Crippen LogP contribution in [0.15, 0.2) is 41.0 Å². The second-order valence-corrected chi connectivity index (χ2v) is 5.67. The van der Waals surface area contributed by atoms with Crippen LogP contribution < -0.4 is 5.32 Å².